The van der Waals surface area contributed by atoms with Crippen LogP contribution in [-0.2, 0) is 10.1 Å². The average Bonchev–Trinajstić information content (AvgIpc) is 2.03. The Morgan fingerprint density at radius 2 is 1.92 bits per heavy atom. The van der Waals surface area contributed by atoms with Gasteiger partial charge in [0.25, 0.3) is 10.1 Å². The zero-order valence-corrected chi connectivity index (χ0v) is 7.02. The van der Waals surface area contributed by atoms with E-state index in [4.69, 9.17) is 9.66 Å². The third-order valence-corrected chi connectivity index (χ3v) is 2.21. The first-order valence-corrected chi connectivity index (χ1v) is 4.53. The molecule has 0 saturated heterocycles. The van der Waals surface area contributed by atoms with Crippen LogP contribution in [0.2, 0.25) is 0 Å². The molecule has 2 N–H and O–H groups in total. The van der Waals surface area contributed by atoms with E-state index in [2.05, 4.69) is 5.18 Å². The van der Waals surface area contributed by atoms with Crippen molar-refractivity contribution in [3.8, 4) is 5.75 Å². The van der Waals surface area contributed by atoms with Gasteiger partial charge in [-0.2, -0.15) is 8.42 Å². The van der Waals surface area contributed by atoms with Gasteiger partial charge >= 0.3 is 0 Å². The molecule has 70 valence electrons. The van der Waals surface area contributed by atoms with E-state index >= 15 is 0 Å². The van der Waals surface area contributed by atoms with Crippen molar-refractivity contribution in [3.05, 3.63) is 23.1 Å². The maximum atomic E-state index is 10.6. The van der Waals surface area contributed by atoms with Crippen molar-refractivity contribution in [2.45, 2.75) is 4.90 Å². The number of nitroso groups, excluding NO2 is 1. The van der Waals surface area contributed by atoms with Crippen molar-refractivity contribution in [2.75, 3.05) is 0 Å². The molecule has 0 unspecified atom stereocenters. The molecule has 0 aliphatic rings. The van der Waals surface area contributed by atoms with Crippen LogP contribution in [0.4, 0.5) is 5.69 Å². The molecule has 6 nitrogen and oxygen atoms in total. The Hall–Kier alpha value is -1.47. The fourth-order valence-electron chi connectivity index (χ4n) is 0.766. The van der Waals surface area contributed by atoms with Crippen LogP contribution in [0.15, 0.2) is 28.3 Å². The third kappa shape index (κ3) is 2.01. The second-order valence-corrected chi connectivity index (χ2v) is 3.61. The summed E-state index contributed by atoms with van der Waals surface area (Å²) in [6.07, 6.45) is 0. The first-order chi connectivity index (χ1) is 5.95. The molecule has 7 heteroatoms. The van der Waals surface area contributed by atoms with Gasteiger partial charge in [-0.05, 0) is 23.4 Å². The smallest absolute Gasteiger partial charge is 0.298 e. The summed E-state index contributed by atoms with van der Waals surface area (Å²) in [5.74, 6) is -0.630. The Labute approximate surface area is 73.5 Å². The zero-order valence-electron chi connectivity index (χ0n) is 6.21. The van der Waals surface area contributed by atoms with Crippen LogP contribution < -0.4 is 0 Å². The van der Waals surface area contributed by atoms with E-state index in [0.29, 0.717) is 0 Å². The number of aromatic hydroxyl groups is 1. The number of rotatable bonds is 2. The molecule has 1 aromatic carbocycles. The highest BCUT2D eigenvalue weighted by Gasteiger charge is 2.15. The summed E-state index contributed by atoms with van der Waals surface area (Å²) >= 11 is 0. The van der Waals surface area contributed by atoms with Crippen LogP contribution in [0, 0.1) is 4.91 Å². The summed E-state index contributed by atoms with van der Waals surface area (Å²) < 4.78 is 29.7. The van der Waals surface area contributed by atoms with Gasteiger partial charge in [-0.1, -0.05) is 0 Å². The molecule has 1 aromatic rings. The Kier molecular flexibility index (Phi) is 2.30. The van der Waals surface area contributed by atoms with Gasteiger partial charge in [0.1, 0.15) is 16.3 Å². The first kappa shape index (κ1) is 9.62. The maximum Gasteiger partial charge on any atom is 0.298 e. The molecule has 0 radical (unpaired) electrons. The highest BCUT2D eigenvalue weighted by atomic mass is 32.2. The van der Waals surface area contributed by atoms with E-state index in [1.165, 1.54) is 0 Å². The van der Waals surface area contributed by atoms with Crippen molar-refractivity contribution in [2.24, 2.45) is 5.18 Å². The quantitative estimate of drug-likeness (QED) is 0.551. The third-order valence-electron chi connectivity index (χ3n) is 1.33. The van der Waals surface area contributed by atoms with Crippen molar-refractivity contribution < 1.29 is 18.1 Å². The van der Waals surface area contributed by atoms with Crippen LogP contribution in [0.1, 0.15) is 0 Å². The highest BCUT2D eigenvalue weighted by Crippen LogP contribution is 2.26. The Balaban J connectivity index is 3.44. The lowest BCUT2D eigenvalue weighted by Crippen LogP contribution is -1.97. The Morgan fingerprint density at radius 1 is 1.31 bits per heavy atom. The Morgan fingerprint density at radius 3 is 2.38 bits per heavy atom. The molecule has 0 aliphatic carbocycles. The van der Waals surface area contributed by atoms with Gasteiger partial charge in [-0.25, -0.2) is 0 Å². The van der Waals surface area contributed by atoms with Crippen molar-refractivity contribution >= 4 is 15.8 Å². The lowest BCUT2D eigenvalue weighted by Gasteiger charge is -1.99. The molecule has 0 fully saturated rings. The number of phenols is 1. The van der Waals surface area contributed by atoms with Gasteiger partial charge in [0.15, 0.2) is 0 Å². The fraction of sp³-hybridized carbons (Fsp3) is 0. The SMILES string of the molecule is O=Nc1ccc(O)c(S(=O)(=O)O)c1. The van der Waals surface area contributed by atoms with Gasteiger partial charge in [0.2, 0.25) is 0 Å². The van der Waals surface area contributed by atoms with E-state index in [1.54, 1.807) is 0 Å². The lowest BCUT2D eigenvalue weighted by atomic mass is 10.3. The van der Waals surface area contributed by atoms with Crippen LogP contribution in [0.25, 0.3) is 0 Å². The normalized spacial score (nSPS) is 11.2. The second kappa shape index (κ2) is 3.11. The summed E-state index contributed by atoms with van der Waals surface area (Å²) in [4.78, 5) is 9.26. The molecule has 0 atom stereocenters. The molecular formula is C6H5NO5S. The summed E-state index contributed by atoms with van der Waals surface area (Å²) in [7, 11) is -4.51. The van der Waals surface area contributed by atoms with Crippen LogP contribution in [0.3, 0.4) is 0 Å². The molecule has 1 rings (SSSR count). The van der Waals surface area contributed by atoms with E-state index in [0.717, 1.165) is 18.2 Å². The topological polar surface area (TPSA) is 104 Å². The summed E-state index contributed by atoms with van der Waals surface area (Å²) in [5, 5.41) is 11.4. The summed E-state index contributed by atoms with van der Waals surface area (Å²) in [6, 6.07) is 2.86. The predicted molar refractivity (Wildman–Crippen MR) is 43.4 cm³/mol. The van der Waals surface area contributed by atoms with Gasteiger partial charge < -0.3 is 5.11 Å². The highest BCUT2D eigenvalue weighted by molar-refractivity contribution is 7.86. The predicted octanol–water partition coefficient (Wildman–Crippen LogP) is 1.04. The number of hydrogen-bond donors (Lipinski definition) is 2. The minimum atomic E-state index is -4.51. The van der Waals surface area contributed by atoms with Gasteiger partial charge in [0.05, 0.1) is 0 Å². The number of benzene rings is 1. The van der Waals surface area contributed by atoms with Crippen molar-refractivity contribution in [1.82, 2.24) is 0 Å². The molecule has 0 amide bonds. The van der Waals surface area contributed by atoms with Gasteiger partial charge in [-0.3, -0.25) is 4.55 Å². The van der Waals surface area contributed by atoms with Crippen LogP contribution in [0.5, 0.6) is 5.75 Å². The molecule has 0 aromatic heterocycles. The number of hydrogen-bond acceptors (Lipinski definition) is 5. The largest absolute Gasteiger partial charge is 0.506 e. The fourth-order valence-corrected chi connectivity index (χ4v) is 1.37. The molecule has 0 spiro atoms. The van der Waals surface area contributed by atoms with Crippen molar-refractivity contribution in [1.29, 1.82) is 0 Å². The number of phenolic OH excluding ortho intramolecular Hbond substituents is 1. The van der Waals surface area contributed by atoms with Gasteiger partial charge in [0, 0.05) is 0 Å². The minimum absolute atomic E-state index is 0.189. The van der Waals surface area contributed by atoms with Gasteiger partial charge in [-0.15, -0.1) is 4.91 Å². The van der Waals surface area contributed by atoms with E-state index in [1.807, 2.05) is 0 Å². The standard InChI is InChI=1S/C6H5NO5S/c8-5-2-1-4(7-9)3-6(5)13(10,11)12/h1-3,8H,(H,10,11,12). The Bertz CT molecular complexity index is 438. The molecule has 0 bridgehead atoms. The average molecular weight is 203 g/mol. The van der Waals surface area contributed by atoms with E-state index < -0.39 is 20.8 Å². The molecular weight excluding hydrogens is 198 g/mol. The summed E-state index contributed by atoms with van der Waals surface area (Å²) in [6.45, 7) is 0. The number of nitrogens with zero attached hydrogens (tertiary/aromatic N) is 1. The minimum Gasteiger partial charge on any atom is -0.506 e. The maximum absolute atomic E-state index is 10.6. The molecule has 13 heavy (non-hydrogen) atoms. The summed E-state index contributed by atoms with van der Waals surface area (Å²) in [5.41, 5.74) is -0.189. The molecule has 0 saturated carbocycles. The monoisotopic (exact) mass is 203 g/mol. The van der Waals surface area contributed by atoms with Crippen LogP contribution in [-0.4, -0.2) is 18.1 Å². The van der Waals surface area contributed by atoms with Crippen molar-refractivity contribution in [3.63, 3.8) is 0 Å². The molecule has 0 heterocycles. The first-order valence-electron chi connectivity index (χ1n) is 3.09. The second-order valence-electron chi connectivity index (χ2n) is 2.22. The van der Waals surface area contributed by atoms with E-state index in [-0.39, 0.29) is 5.69 Å². The van der Waals surface area contributed by atoms with Crippen LogP contribution >= 0.6 is 0 Å². The zero-order chi connectivity index (χ0) is 10.1. The molecule has 0 aliphatic heterocycles. The lowest BCUT2D eigenvalue weighted by molar-refractivity contribution is 0.443. The van der Waals surface area contributed by atoms with E-state index in [9.17, 15) is 13.3 Å².